The SMILES string of the molecule is CCO[C@@H]1C[C@H]2C(=O)NC3(CCC3)C(=O)N(C)[C@@H](C3CCCC3)C(=O)N(C)[C@H](C(=O)N(CC)CC)CC(=O)N(C)[C@@H](CC3CC3)C(=O)N[C@@H]([C@@H](C)CC)C(=O)N(C)CC(=O)N(C)[C@H]3C/C=C\CCN(C3=O)[C@@H](CC3CCC(C(F)(F)F)CC3)C(=O)N(C)CC(=O)N[C@@H](CCC3CC(F)C(C(F)(F)F)C(F)C3)C(=O)N2C1. The second-order valence-electron chi connectivity index (χ2n) is 32.5. The predicted octanol–water partition coefficient (Wildman–Crippen LogP) is 6.89. The molecule has 7 fully saturated rings. The van der Waals surface area contributed by atoms with E-state index in [1.165, 1.54) is 66.8 Å². The average molecular weight is 1570 g/mol. The number of hydrogen-bond donors (Lipinski definition) is 3. The van der Waals surface area contributed by atoms with E-state index in [2.05, 4.69) is 16.0 Å². The van der Waals surface area contributed by atoms with Crippen LogP contribution in [0, 0.1) is 41.4 Å². The van der Waals surface area contributed by atoms with Crippen molar-refractivity contribution in [3.8, 4) is 0 Å². The molecule has 25 nitrogen and oxygen atoms in total. The minimum absolute atomic E-state index is 0.00215. The number of hydrogen-bond acceptors (Lipinski definition) is 13. The molecule has 0 aromatic carbocycles. The van der Waals surface area contributed by atoms with Gasteiger partial charge >= 0.3 is 12.4 Å². The summed E-state index contributed by atoms with van der Waals surface area (Å²) in [6.07, 6.45) is -11.5. The van der Waals surface area contributed by atoms with Crippen LogP contribution in [0.15, 0.2) is 12.2 Å². The van der Waals surface area contributed by atoms with Crippen LogP contribution < -0.4 is 16.0 Å². The van der Waals surface area contributed by atoms with E-state index in [-0.39, 0.29) is 116 Å². The van der Waals surface area contributed by atoms with Crippen molar-refractivity contribution in [3.05, 3.63) is 12.2 Å². The van der Waals surface area contributed by atoms with Crippen molar-refractivity contribution >= 4 is 70.9 Å². The lowest BCUT2D eigenvalue weighted by molar-refractivity contribution is -0.219. The van der Waals surface area contributed by atoms with Gasteiger partial charge in [0.2, 0.25) is 70.9 Å². The van der Waals surface area contributed by atoms with Crippen LogP contribution in [-0.2, 0) is 62.3 Å². The van der Waals surface area contributed by atoms with E-state index in [1.54, 1.807) is 46.8 Å². The Labute approximate surface area is 641 Å². The smallest absolute Gasteiger partial charge is 0.377 e. The third kappa shape index (κ3) is 21.2. The number of carbonyl (C=O) groups excluding carboxylic acids is 12. The first-order chi connectivity index (χ1) is 51.8. The first kappa shape index (κ1) is 88.3. The highest BCUT2D eigenvalue weighted by atomic mass is 19.4. The Morgan fingerprint density at radius 3 is 1.76 bits per heavy atom. The molecule has 12 atom stereocenters. The average Bonchev–Trinajstić information content (AvgIpc) is 1.17. The molecule has 0 aromatic rings. The molecule has 3 N–H and O–H groups in total. The maximum atomic E-state index is 15.7. The fourth-order valence-electron chi connectivity index (χ4n) is 17.7. The molecular formula is C77H118F8N12O13. The summed E-state index contributed by atoms with van der Waals surface area (Å²) in [6, 6.07) is -11.3. The molecule has 8 aliphatic rings. The third-order valence-electron chi connectivity index (χ3n) is 25.1. The van der Waals surface area contributed by atoms with E-state index >= 15 is 47.1 Å². The van der Waals surface area contributed by atoms with Gasteiger partial charge in [-0.05, 0) is 160 Å². The molecule has 33 heteroatoms. The molecule has 620 valence electrons. The van der Waals surface area contributed by atoms with Crippen LogP contribution in [0.1, 0.15) is 189 Å². The Bertz CT molecular complexity index is 3300. The van der Waals surface area contributed by atoms with E-state index in [0.29, 0.717) is 38.5 Å². The fraction of sp³-hybridized carbons (Fsp3) is 0.818. The van der Waals surface area contributed by atoms with Crippen molar-refractivity contribution in [2.45, 2.75) is 273 Å². The number of amides is 12. The lowest BCUT2D eigenvalue weighted by atomic mass is 9.74. The van der Waals surface area contributed by atoms with E-state index in [4.69, 9.17) is 4.74 Å². The summed E-state index contributed by atoms with van der Waals surface area (Å²) in [7, 11) is 8.12. The Balaban J connectivity index is 1.21. The molecule has 8 rings (SSSR count). The second-order valence-corrected chi connectivity index (χ2v) is 32.5. The predicted molar refractivity (Wildman–Crippen MR) is 388 cm³/mol. The zero-order valence-electron chi connectivity index (χ0n) is 65.8. The van der Waals surface area contributed by atoms with Crippen LogP contribution in [0.5, 0.6) is 0 Å². The van der Waals surface area contributed by atoms with Crippen LogP contribution in [0.25, 0.3) is 0 Å². The Hall–Kier alpha value is -7.22. The lowest BCUT2D eigenvalue weighted by Gasteiger charge is -2.47. The summed E-state index contributed by atoms with van der Waals surface area (Å²) in [5.41, 5.74) is -1.69. The van der Waals surface area contributed by atoms with E-state index in [1.807, 2.05) is 0 Å². The van der Waals surface area contributed by atoms with Gasteiger partial charge in [-0.25, -0.2) is 8.78 Å². The van der Waals surface area contributed by atoms with Gasteiger partial charge in [-0.1, -0.05) is 58.1 Å². The number of nitrogens with zero attached hydrogens (tertiary/aromatic N) is 9. The van der Waals surface area contributed by atoms with Crippen LogP contribution in [0.3, 0.4) is 0 Å². The number of nitrogens with one attached hydrogen (secondary N) is 3. The van der Waals surface area contributed by atoms with Gasteiger partial charge in [0.25, 0.3) is 0 Å². The maximum absolute atomic E-state index is 15.7. The van der Waals surface area contributed by atoms with Crippen molar-refractivity contribution in [2.24, 2.45) is 41.4 Å². The molecule has 2 unspecified atom stereocenters. The van der Waals surface area contributed by atoms with E-state index < -0.39 is 230 Å². The van der Waals surface area contributed by atoms with E-state index in [9.17, 15) is 45.5 Å². The minimum Gasteiger partial charge on any atom is -0.377 e. The number of halogens is 8. The molecule has 2 bridgehead atoms. The fourth-order valence-corrected chi connectivity index (χ4v) is 17.7. The highest BCUT2D eigenvalue weighted by molar-refractivity contribution is 6.01. The summed E-state index contributed by atoms with van der Waals surface area (Å²) < 4.78 is 121. The third-order valence-corrected chi connectivity index (χ3v) is 25.1. The van der Waals surface area contributed by atoms with Crippen molar-refractivity contribution in [1.82, 2.24) is 60.0 Å². The lowest BCUT2D eigenvalue weighted by Crippen LogP contribution is -2.68. The first-order valence-corrected chi connectivity index (χ1v) is 39.9. The van der Waals surface area contributed by atoms with Crippen molar-refractivity contribution in [3.63, 3.8) is 0 Å². The van der Waals surface area contributed by atoms with Gasteiger partial charge in [-0.3, -0.25) is 57.5 Å². The van der Waals surface area contributed by atoms with Crippen molar-refractivity contribution in [2.75, 3.05) is 88.2 Å². The minimum atomic E-state index is -5.22. The summed E-state index contributed by atoms with van der Waals surface area (Å²) in [6.45, 7) is 7.12. The van der Waals surface area contributed by atoms with Crippen LogP contribution in [-0.4, -0.2) is 288 Å². The molecule has 12 amide bonds. The number of alkyl halides is 8. The standard InChI is InChI=1S/C77H118F8N12O13/c1-12-45(5)64-72(107)90(7)44-62(100)91(8)55-24-17-16-20-35-96(71(55)106)59(39-47-27-30-50(31-28-47)76(80,81)82)69(104)89(6)43-60(98)86-54(32-29-48-36-52(78)63(53(79)37-48)77(83,84)85)68(103)97-42-51(110-15-4)40-57(97)67(102)88-75(33-21-34-75)74(109)94(11)65(49-22-18-19-23-49)73(108)93(10)58(70(105)95(13-2)14-3)41-61(99)92(9)56(66(101)87-64)38-46-25-26-46/h16-17,45-59,63-65H,12-15,18-44H2,1-11H3,(H,86,98)(H,87,101)(H,88,102)/b17-16-/t45-,47?,48?,50?,51+,52?,53?,54-,55-,56-,57-,58-,59-,63?,64-,65-/m0/s1. The first-order valence-electron chi connectivity index (χ1n) is 39.9. The van der Waals surface area contributed by atoms with Crippen LogP contribution in [0.4, 0.5) is 35.1 Å². The van der Waals surface area contributed by atoms with Gasteiger partial charge in [-0.15, -0.1) is 0 Å². The molecule has 3 aliphatic heterocycles. The monoisotopic (exact) mass is 1570 g/mol. The quantitative estimate of drug-likeness (QED) is 0.111. The van der Waals surface area contributed by atoms with Gasteiger partial charge in [0.05, 0.1) is 31.5 Å². The summed E-state index contributed by atoms with van der Waals surface area (Å²) in [4.78, 5) is 193. The van der Waals surface area contributed by atoms with Gasteiger partial charge < -0.3 is 64.8 Å². The molecule has 2 saturated heterocycles. The molecule has 1 spiro atoms. The molecule has 5 saturated carbocycles. The highest BCUT2D eigenvalue weighted by Gasteiger charge is 2.56. The molecule has 110 heavy (non-hydrogen) atoms. The van der Waals surface area contributed by atoms with Crippen LogP contribution >= 0.6 is 0 Å². The van der Waals surface area contributed by atoms with Crippen molar-refractivity contribution < 1.29 is 97.4 Å². The Kier molecular flexibility index (Phi) is 30.6. The highest BCUT2D eigenvalue weighted by Crippen LogP contribution is 2.46. The zero-order valence-corrected chi connectivity index (χ0v) is 65.8. The second kappa shape index (κ2) is 38.1. The largest absolute Gasteiger partial charge is 0.397 e. The molecule has 0 radical (unpaired) electrons. The van der Waals surface area contributed by atoms with Gasteiger partial charge in [0, 0.05) is 81.5 Å². The topological polar surface area (TPSA) is 279 Å². The number of likely N-dealkylation sites (N-methyl/N-ethyl adjacent to an activating group) is 7. The number of carbonyl (C=O) groups is 12. The van der Waals surface area contributed by atoms with E-state index in [0.717, 1.165) is 32.4 Å². The van der Waals surface area contributed by atoms with Crippen molar-refractivity contribution in [1.29, 1.82) is 0 Å². The maximum Gasteiger partial charge on any atom is 0.397 e. The van der Waals surface area contributed by atoms with Gasteiger partial charge in [0.1, 0.15) is 72.1 Å². The number of rotatable bonds is 15. The number of fused-ring (bicyclic) bond motifs is 3. The Morgan fingerprint density at radius 1 is 0.609 bits per heavy atom. The van der Waals surface area contributed by atoms with Gasteiger partial charge in [-0.2, -0.15) is 26.3 Å². The Morgan fingerprint density at radius 2 is 1.21 bits per heavy atom. The zero-order chi connectivity index (χ0) is 81.2. The summed E-state index contributed by atoms with van der Waals surface area (Å²) >= 11 is 0. The summed E-state index contributed by atoms with van der Waals surface area (Å²) in [5, 5.41) is 8.48. The summed E-state index contributed by atoms with van der Waals surface area (Å²) in [5.74, 6) is -16.5. The van der Waals surface area contributed by atoms with Crippen LogP contribution in [0.2, 0.25) is 0 Å². The molecular weight excluding hydrogens is 1450 g/mol. The molecule has 3 heterocycles. The molecule has 5 aliphatic carbocycles. The van der Waals surface area contributed by atoms with Gasteiger partial charge in [0.15, 0.2) is 0 Å². The molecule has 0 aromatic heterocycles. The normalized spacial score (nSPS) is 32.2. The number of ether oxygens (including phenoxy) is 1.